The summed E-state index contributed by atoms with van der Waals surface area (Å²) in [5.41, 5.74) is 10.6. The number of carbonyl (C=O) groups excluding carboxylic acids is 2. The molecular weight excluding hydrogens is 398 g/mol. The Bertz CT molecular complexity index is 1090. The highest BCUT2D eigenvalue weighted by molar-refractivity contribution is 7.15. The van der Waals surface area contributed by atoms with E-state index in [9.17, 15) is 9.59 Å². The first-order chi connectivity index (χ1) is 14.4. The average molecular weight is 422 g/mol. The largest absolute Gasteiger partial charge is 0.455 e. The fraction of sp³-hybridized carbons (Fsp3) is 0.261. The molecule has 4 rings (SSSR count). The van der Waals surface area contributed by atoms with Crippen LogP contribution in [0.1, 0.15) is 22.9 Å². The van der Waals surface area contributed by atoms with Gasteiger partial charge in [0, 0.05) is 22.2 Å². The second-order valence-electron chi connectivity index (χ2n) is 7.47. The van der Waals surface area contributed by atoms with E-state index in [0.717, 1.165) is 33.7 Å². The normalized spacial score (nSPS) is 15.1. The van der Waals surface area contributed by atoms with Gasteiger partial charge in [0.05, 0.1) is 12.1 Å². The molecule has 1 aromatic heterocycles. The van der Waals surface area contributed by atoms with E-state index >= 15 is 0 Å². The minimum Gasteiger partial charge on any atom is -0.455 e. The van der Waals surface area contributed by atoms with Crippen molar-refractivity contribution in [2.45, 2.75) is 32.7 Å². The Kier molecular flexibility index (Phi) is 5.55. The molecule has 1 atom stereocenters. The number of nitrogens with zero attached hydrogens (tertiary/aromatic N) is 2. The molecule has 0 saturated heterocycles. The van der Waals surface area contributed by atoms with Gasteiger partial charge in [-0.25, -0.2) is 4.98 Å². The van der Waals surface area contributed by atoms with Gasteiger partial charge in [-0.15, -0.1) is 11.3 Å². The van der Waals surface area contributed by atoms with Crippen molar-refractivity contribution in [3.63, 3.8) is 0 Å². The van der Waals surface area contributed by atoms with Crippen LogP contribution in [0.2, 0.25) is 0 Å². The molecule has 0 aliphatic carbocycles. The summed E-state index contributed by atoms with van der Waals surface area (Å²) in [5.74, 6) is -0.691. The zero-order valence-electron chi connectivity index (χ0n) is 16.9. The lowest BCUT2D eigenvalue weighted by molar-refractivity contribution is -0.147. The van der Waals surface area contributed by atoms with E-state index in [1.165, 1.54) is 11.3 Å². The number of benzene rings is 2. The average Bonchev–Trinajstić information content (AvgIpc) is 3.25. The van der Waals surface area contributed by atoms with Crippen LogP contribution in [-0.4, -0.2) is 29.5 Å². The predicted octanol–water partition coefficient (Wildman–Crippen LogP) is 3.76. The Labute approximate surface area is 179 Å². The zero-order chi connectivity index (χ0) is 21.3. The molecule has 1 amide bonds. The third-order valence-electron chi connectivity index (χ3n) is 5.18. The maximum Gasteiger partial charge on any atom is 0.311 e. The Morgan fingerprint density at radius 3 is 2.70 bits per heavy atom. The van der Waals surface area contributed by atoms with E-state index in [2.05, 4.69) is 4.98 Å². The molecule has 1 aliphatic rings. The van der Waals surface area contributed by atoms with E-state index in [4.69, 9.17) is 10.5 Å². The first-order valence-electron chi connectivity index (χ1n) is 9.80. The molecule has 1 aliphatic heterocycles. The van der Waals surface area contributed by atoms with Crippen LogP contribution in [0.3, 0.4) is 0 Å². The number of nitrogen functional groups attached to an aromatic ring is 1. The number of carbonyl (C=O) groups is 2. The number of esters is 1. The minimum atomic E-state index is -0.472. The Balaban J connectivity index is 1.41. The van der Waals surface area contributed by atoms with Gasteiger partial charge in [-0.3, -0.25) is 9.59 Å². The maximum atomic E-state index is 12.7. The number of nitrogens with two attached hydrogens (primary N) is 1. The van der Waals surface area contributed by atoms with E-state index in [1.807, 2.05) is 62.4 Å². The molecular formula is C23H23N3O3S. The van der Waals surface area contributed by atoms with Gasteiger partial charge < -0.3 is 15.4 Å². The Hall–Kier alpha value is -3.19. The smallest absolute Gasteiger partial charge is 0.311 e. The zero-order valence-corrected chi connectivity index (χ0v) is 17.7. The molecule has 7 heteroatoms. The van der Waals surface area contributed by atoms with Gasteiger partial charge in [-0.1, -0.05) is 48.0 Å². The van der Waals surface area contributed by atoms with Crippen molar-refractivity contribution in [3.8, 4) is 11.3 Å². The van der Waals surface area contributed by atoms with Crippen molar-refractivity contribution in [2.75, 3.05) is 17.2 Å². The Morgan fingerprint density at radius 2 is 1.93 bits per heavy atom. The van der Waals surface area contributed by atoms with Gasteiger partial charge in [-0.2, -0.15) is 0 Å². The lowest BCUT2D eigenvalue weighted by Gasteiger charge is -2.22. The quantitative estimate of drug-likeness (QED) is 0.634. The molecule has 0 saturated carbocycles. The number of amides is 1. The van der Waals surface area contributed by atoms with Gasteiger partial charge in [0.2, 0.25) is 0 Å². The molecule has 2 N–H and O–H groups in total. The second kappa shape index (κ2) is 8.28. The molecule has 6 nitrogen and oxygen atoms in total. The van der Waals surface area contributed by atoms with Gasteiger partial charge in [0.25, 0.3) is 5.91 Å². The third-order valence-corrected chi connectivity index (χ3v) is 6.06. The van der Waals surface area contributed by atoms with Gasteiger partial charge in [-0.05, 0) is 31.9 Å². The van der Waals surface area contributed by atoms with Crippen molar-refractivity contribution in [3.05, 3.63) is 64.5 Å². The number of thiazole rings is 1. The number of rotatable bonds is 5. The minimum absolute atomic E-state index is 0.0253. The maximum absolute atomic E-state index is 12.7. The fourth-order valence-electron chi connectivity index (χ4n) is 3.77. The molecule has 154 valence electrons. The van der Waals surface area contributed by atoms with E-state index in [0.29, 0.717) is 10.8 Å². The summed E-state index contributed by atoms with van der Waals surface area (Å²) in [7, 11) is 0. The summed E-state index contributed by atoms with van der Waals surface area (Å²) in [6.07, 6.45) is 0.827. The number of para-hydroxylation sites is 1. The van der Waals surface area contributed by atoms with Gasteiger partial charge in [0.1, 0.15) is 0 Å². The lowest BCUT2D eigenvalue weighted by atomic mass is 10.1. The van der Waals surface area contributed by atoms with Gasteiger partial charge >= 0.3 is 5.97 Å². The highest BCUT2D eigenvalue weighted by Crippen LogP contribution is 2.32. The summed E-state index contributed by atoms with van der Waals surface area (Å²) in [5, 5.41) is 0.395. The monoisotopic (exact) mass is 421 g/mol. The number of hydrogen-bond donors (Lipinski definition) is 1. The molecule has 1 unspecified atom stereocenters. The molecule has 2 aromatic carbocycles. The topological polar surface area (TPSA) is 85.5 Å². The molecule has 3 aromatic rings. The van der Waals surface area contributed by atoms with Gasteiger partial charge in [0.15, 0.2) is 11.7 Å². The molecule has 0 fully saturated rings. The number of anilines is 2. The van der Waals surface area contributed by atoms with Crippen LogP contribution in [0.5, 0.6) is 0 Å². The number of fused-ring (bicyclic) bond motifs is 1. The van der Waals surface area contributed by atoms with Crippen LogP contribution in [0.4, 0.5) is 10.8 Å². The van der Waals surface area contributed by atoms with E-state index in [1.54, 1.807) is 4.90 Å². The Morgan fingerprint density at radius 1 is 1.20 bits per heavy atom. The van der Waals surface area contributed by atoms with Crippen molar-refractivity contribution < 1.29 is 14.3 Å². The van der Waals surface area contributed by atoms with Crippen LogP contribution < -0.4 is 10.6 Å². The molecule has 0 radical (unpaired) electrons. The van der Waals surface area contributed by atoms with E-state index in [-0.39, 0.29) is 25.0 Å². The SMILES string of the molecule is Cc1ccc(-c2nc(N)sc2CC(=O)OCC(=O)N2c3ccccc3CC2C)cc1. The molecule has 0 spiro atoms. The van der Waals surface area contributed by atoms with Crippen molar-refractivity contribution in [1.29, 1.82) is 0 Å². The van der Waals surface area contributed by atoms with E-state index < -0.39 is 5.97 Å². The van der Waals surface area contributed by atoms with Crippen molar-refractivity contribution >= 4 is 34.0 Å². The van der Waals surface area contributed by atoms with Crippen LogP contribution >= 0.6 is 11.3 Å². The first kappa shape index (κ1) is 20.1. The van der Waals surface area contributed by atoms with Crippen LogP contribution in [-0.2, 0) is 27.2 Å². The highest BCUT2D eigenvalue weighted by atomic mass is 32.1. The second-order valence-corrected chi connectivity index (χ2v) is 8.59. The van der Waals surface area contributed by atoms with Crippen LogP contribution in [0.25, 0.3) is 11.3 Å². The number of hydrogen-bond acceptors (Lipinski definition) is 6. The highest BCUT2D eigenvalue weighted by Gasteiger charge is 2.31. The predicted molar refractivity (Wildman–Crippen MR) is 118 cm³/mol. The molecule has 2 heterocycles. The first-order valence-corrected chi connectivity index (χ1v) is 10.6. The van der Waals surface area contributed by atoms with Crippen molar-refractivity contribution in [2.24, 2.45) is 0 Å². The molecule has 30 heavy (non-hydrogen) atoms. The number of ether oxygens (including phenoxy) is 1. The summed E-state index contributed by atoms with van der Waals surface area (Å²) in [4.78, 5) is 32.0. The van der Waals surface area contributed by atoms with Crippen LogP contribution in [0, 0.1) is 6.92 Å². The fourth-order valence-corrected chi connectivity index (χ4v) is 4.61. The summed E-state index contributed by atoms with van der Waals surface area (Å²) < 4.78 is 5.31. The molecule has 0 bridgehead atoms. The lowest BCUT2D eigenvalue weighted by Crippen LogP contribution is -2.38. The number of aryl methyl sites for hydroxylation is 1. The van der Waals surface area contributed by atoms with Crippen molar-refractivity contribution in [1.82, 2.24) is 4.98 Å². The standard InChI is InChI=1S/C23H23N3O3S/c1-14-7-9-16(10-8-14)22-19(30-23(24)25-22)12-21(28)29-13-20(27)26-15(2)11-17-5-3-4-6-18(17)26/h3-10,15H,11-13H2,1-2H3,(H2,24,25). The summed E-state index contributed by atoms with van der Waals surface area (Å²) >= 11 is 1.26. The third kappa shape index (κ3) is 4.07. The summed E-state index contributed by atoms with van der Waals surface area (Å²) in [6, 6.07) is 15.7. The summed E-state index contributed by atoms with van der Waals surface area (Å²) in [6.45, 7) is 3.72. The van der Waals surface area contributed by atoms with Crippen LogP contribution in [0.15, 0.2) is 48.5 Å². The number of aromatic nitrogens is 1.